The molecule has 0 unspecified atom stereocenters. The Morgan fingerprint density at radius 2 is 0.250 bits per heavy atom. The number of ether oxygens (including phenoxy) is 6. The Morgan fingerprint density at radius 3 is 0.358 bits per heavy atom. The standard InChI is InChI=1S/C108H150O12/c1-7-13-19-25-31-37-43-49-55-85-61-73-91(74-62-85)115-103(109)97-98(104(110)116-92-75-63-86(64-76-92)56-50-44-38-32-26-20-14-8-2)100(106(112)118-94-79-67-88(68-80-94)58-52-46-40-34-28-22-16-10-4)102(108(114)120-96-83-71-90(72-84-96)60-54-48-42-36-30-24-18-12-6)101(107(113)119-95-81-69-89(70-82-95)59-53-47-41-35-29-23-17-11-5)99(97)105(111)117-93-77-65-87(66-78-93)57-51-45-39-33-27-21-15-9-3/h61-84H,7-60H2,1-6H3. The topological polar surface area (TPSA) is 158 Å². The van der Waals surface area contributed by atoms with E-state index in [9.17, 15) is 0 Å². The van der Waals surface area contributed by atoms with Crippen LogP contribution in [-0.4, -0.2) is 35.8 Å². The summed E-state index contributed by atoms with van der Waals surface area (Å²) in [6.07, 6.45) is 60.1. The number of carbonyl (C=O) groups excluding carboxylic acids is 6. The highest BCUT2D eigenvalue weighted by Gasteiger charge is 2.45. The maximum atomic E-state index is 16.3. The Hall–Kier alpha value is -8.64. The van der Waals surface area contributed by atoms with E-state index in [1.165, 1.54) is 193 Å². The molecule has 7 rings (SSSR count). The van der Waals surface area contributed by atoms with Crippen LogP contribution in [0.2, 0.25) is 0 Å². The molecule has 7 aromatic carbocycles. The van der Waals surface area contributed by atoms with Gasteiger partial charge in [0.05, 0.1) is 33.4 Å². The molecule has 0 aromatic heterocycles. The van der Waals surface area contributed by atoms with Gasteiger partial charge in [-0.3, -0.25) is 0 Å². The van der Waals surface area contributed by atoms with Crippen LogP contribution in [0.3, 0.4) is 0 Å². The number of rotatable bonds is 66. The predicted octanol–water partition coefficient (Wildman–Crippen LogP) is 31.1. The zero-order chi connectivity index (χ0) is 85.3. The second-order valence-corrected chi connectivity index (χ2v) is 33.8. The minimum atomic E-state index is -1.36. The molecule has 654 valence electrons. The van der Waals surface area contributed by atoms with Gasteiger partial charge in [0, 0.05) is 0 Å². The highest BCUT2D eigenvalue weighted by Crippen LogP contribution is 2.37. The van der Waals surface area contributed by atoms with E-state index in [2.05, 4.69) is 41.5 Å². The minimum absolute atomic E-state index is 0.0131. The fourth-order valence-electron chi connectivity index (χ4n) is 16.0. The molecule has 0 saturated carbocycles. The van der Waals surface area contributed by atoms with Crippen LogP contribution in [0.15, 0.2) is 146 Å². The van der Waals surface area contributed by atoms with Crippen molar-refractivity contribution in [1.29, 1.82) is 0 Å². The van der Waals surface area contributed by atoms with Crippen molar-refractivity contribution in [2.45, 2.75) is 388 Å². The van der Waals surface area contributed by atoms with Crippen molar-refractivity contribution >= 4 is 35.8 Å². The molecule has 12 nitrogen and oxygen atoms in total. The van der Waals surface area contributed by atoms with Gasteiger partial charge in [-0.2, -0.15) is 0 Å². The van der Waals surface area contributed by atoms with Crippen molar-refractivity contribution in [3.63, 3.8) is 0 Å². The van der Waals surface area contributed by atoms with Gasteiger partial charge in [0.15, 0.2) is 0 Å². The molecule has 0 atom stereocenters. The zero-order valence-electron chi connectivity index (χ0n) is 74.9. The molecule has 12 heteroatoms. The molecular weight excluding hydrogens is 1490 g/mol. The monoisotopic (exact) mass is 1640 g/mol. The SMILES string of the molecule is CCCCCCCCCCc1ccc(OC(=O)c2c(C(=O)Oc3ccc(CCCCCCCCCC)cc3)c(C(=O)Oc3ccc(CCCCCCCCCC)cc3)c(C(=O)Oc3ccc(CCCCCCCCCC)cc3)c(C(=O)Oc3ccc(CCCCCCCCCC)cc3)c2C(=O)Oc2ccc(CCCCCCCCCC)cc2)cc1. The van der Waals surface area contributed by atoms with Crippen molar-refractivity contribution in [2.75, 3.05) is 0 Å². The van der Waals surface area contributed by atoms with E-state index in [4.69, 9.17) is 28.4 Å². The average Bonchev–Trinajstić information content (AvgIpc) is 0.725. The number of hydrogen-bond acceptors (Lipinski definition) is 12. The van der Waals surface area contributed by atoms with Crippen LogP contribution in [0.5, 0.6) is 34.5 Å². The zero-order valence-corrected chi connectivity index (χ0v) is 74.9. The summed E-state index contributed by atoms with van der Waals surface area (Å²) in [5.74, 6) is -8.11. The van der Waals surface area contributed by atoms with Gasteiger partial charge >= 0.3 is 35.8 Å². The quantitative estimate of drug-likeness (QED) is 0.0202. The van der Waals surface area contributed by atoms with E-state index in [1.807, 2.05) is 72.8 Å². The maximum Gasteiger partial charge on any atom is 0.345 e. The molecule has 0 heterocycles. The normalized spacial score (nSPS) is 11.2. The molecule has 0 bridgehead atoms. The number of unbranched alkanes of at least 4 members (excludes halogenated alkanes) is 42. The Labute approximate surface area is 724 Å². The second kappa shape index (κ2) is 60.8. The molecule has 0 saturated heterocycles. The Kier molecular flexibility index (Phi) is 49.9. The van der Waals surface area contributed by atoms with Gasteiger partial charge in [-0.1, -0.05) is 384 Å². The van der Waals surface area contributed by atoms with E-state index in [-0.39, 0.29) is 34.5 Å². The molecular formula is C108H150O12. The van der Waals surface area contributed by atoms with Crippen molar-refractivity contribution in [3.05, 3.63) is 212 Å². The van der Waals surface area contributed by atoms with E-state index in [0.29, 0.717) is 0 Å². The van der Waals surface area contributed by atoms with E-state index < -0.39 is 69.2 Å². The molecule has 0 amide bonds. The highest BCUT2D eigenvalue weighted by atomic mass is 16.6. The van der Waals surface area contributed by atoms with Gasteiger partial charge in [-0.25, -0.2) is 28.8 Å². The van der Waals surface area contributed by atoms with Gasteiger partial charge in [0.1, 0.15) is 34.5 Å². The van der Waals surface area contributed by atoms with Gasteiger partial charge < -0.3 is 28.4 Å². The first-order valence-electron chi connectivity index (χ1n) is 48.0. The molecule has 0 aliphatic carbocycles. The Bertz CT molecular complexity index is 3290. The number of hydrogen-bond donors (Lipinski definition) is 0. The Morgan fingerprint density at radius 1 is 0.150 bits per heavy atom. The third kappa shape index (κ3) is 38.2. The third-order valence-electron chi connectivity index (χ3n) is 23.4. The van der Waals surface area contributed by atoms with Crippen LogP contribution < -0.4 is 28.4 Å². The minimum Gasteiger partial charge on any atom is -0.423 e. The summed E-state index contributed by atoms with van der Waals surface area (Å²) >= 11 is 0. The third-order valence-corrected chi connectivity index (χ3v) is 23.4. The van der Waals surface area contributed by atoms with Crippen LogP contribution >= 0.6 is 0 Å². The number of esters is 6. The second-order valence-electron chi connectivity index (χ2n) is 33.8. The lowest BCUT2D eigenvalue weighted by atomic mass is 9.85. The summed E-state index contributed by atoms with van der Waals surface area (Å²) in [6.45, 7) is 13.3. The summed E-state index contributed by atoms with van der Waals surface area (Å²) in [7, 11) is 0. The number of benzene rings is 7. The number of carbonyl (C=O) groups is 6. The largest absolute Gasteiger partial charge is 0.423 e. The van der Waals surface area contributed by atoms with Crippen LogP contribution in [0.1, 0.15) is 445 Å². The van der Waals surface area contributed by atoms with Crippen molar-refractivity contribution < 1.29 is 57.2 Å². The molecule has 0 spiro atoms. The first-order chi connectivity index (χ1) is 58.9. The lowest BCUT2D eigenvalue weighted by molar-refractivity contribution is 0.0635. The van der Waals surface area contributed by atoms with E-state index in [0.717, 1.165) is 187 Å². The summed E-state index contributed by atoms with van der Waals surface area (Å²) in [5.41, 5.74) is 0.463. The summed E-state index contributed by atoms with van der Waals surface area (Å²) in [6, 6.07) is 41.9. The molecule has 7 aromatic rings. The molecule has 120 heavy (non-hydrogen) atoms. The summed E-state index contributed by atoms with van der Waals surface area (Å²) in [4.78, 5) is 98.0. The average molecular weight is 1640 g/mol. The number of aryl methyl sites for hydroxylation is 6. The molecule has 0 N–H and O–H groups in total. The first-order valence-corrected chi connectivity index (χ1v) is 48.0. The lowest BCUT2D eigenvalue weighted by Crippen LogP contribution is -2.34. The van der Waals surface area contributed by atoms with Gasteiger partial charge in [-0.05, 0) is 183 Å². The molecule has 0 radical (unpaired) electrons. The van der Waals surface area contributed by atoms with Gasteiger partial charge in [0.2, 0.25) is 0 Å². The van der Waals surface area contributed by atoms with Crippen LogP contribution in [0, 0.1) is 0 Å². The van der Waals surface area contributed by atoms with Crippen molar-refractivity contribution in [1.82, 2.24) is 0 Å². The summed E-state index contributed by atoms with van der Waals surface area (Å²) in [5, 5.41) is 0. The molecule has 0 aliphatic rings. The van der Waals surface area contributed by atoms with Gasteiger partial charge in [0.25, 0.3) is 0 Å². The van der Waals surface area contributed by atoms with Crippen molar-refractivity contribution in [2.24, 2.45) is 0 Å². The smallest absolute Gasteiger partial charge is 0.345 e. The molecule has 0 aliphatic heterocycles. The fraction of sp³-hybridized carbons (Fsp3) is 0.556. The van der Waals surface area contributed by atoms with E-state index >= 15 is 28.8 Å². The lowest BCUT2D eigenvalue weighted by Gasteiger charge is -2.22. The van der Waals surface area contributed by atoms with Gasteiger partial charge in [-0.15, -0.1) is 0 Å². The van der Waals surface area contributed by atoms with E-state index in [1.54, 1.807) is 72.8 Å². The fourth-order valence-corrected chi connectivity index (χ4v) is 16.0. The van der Waals surface area contributed by atoms with Crippen LogP contribution in [0.25, 0.3) is 0 Å². The first kappa shape index (κ1) is 98.5. The molecule has 0 fully saturated rings. The van der Waals surface area contributed by atoms with Crippen molar-refractivity contribution in [3.8, 4) is 34.5 Å². The summed E-state index contributed by atoms with van der Waals surface area (Å²) < 4.78 is 38.3. The predicted molar refractivity (Wildman–Crippen MR) is 493 cm³/mol. The highest BCUT2D eigenvalue weighted by molar-refractivity contribution is 6.25. The Balaban J connectivity index is 1.43. The van der Waals surface area contributed by atoms with Crippen LogP contribution in [-0.2, 0) is 38.5 Å². The maximum absolute atomic E-state index is 16.3. The van der Waals surface area contributed by atoms with Crippen LogP contribution in [0.4, 0.5) is 0 Å².